The third-order valence-electron chi connectivity index (χ3n) is 1.95. The highest BCUT2D eigenvalue weighted by Gasteiger charge is 2.13. The van der Waals surface area contributed by atoms with Gasteiger partial charge in [-0.2, -0.15) is 5.26 Å². The summed E-state index contributed by atoms with van der Waals surface area (Å²) < 4.78 is 0. The molecule has 0 fully saturated rings. The van der Waals surface area contributed by atoms with E-state index in [1.807, 2.05) is 0 Å². The van der Waals surface area contributed by atoms with Crippen molar-refractivity contribution in [2.75, 3.05) is 0 Å². The molecule has 0 heterocycles. The van der Waals surface area contributed by atoms with Crippen LogP contribution in [0.1, 0.15) is 5.56 Å². The number of hydrogen-bond acceptors (Lipinski definition) is 4. The number of nitrogens with two attached hydrogens (primary N) is 1. The van der Waals surface area contributed by atoms with Crippen molar-refractivity contribution >= 4 is 0 Å². The highest BCUT2D eigenvalue weighted by Crippen LogP contribution is 2.11. The van der Waals surface area contributed by atoms with Crippen LogP contribution in [0.2, 0.25) is 0 Å². The molecule has 1 rings (SSSR count). The predicted molar refractivity (Wildman–Crippen MR) is 51.4 cm³/mol. The Morgan fingerprint density at radius 2 is 1.93 bits per heavy atom. The van der Waals surface area contributed by atoms with E-state index < -0.39 is 12.1 Å². The van der Waals surface area contributed by atoms with E-state index >= 15 is 0 Å². The molecule has 0 aliphatic heterocycles. The molecule has 0 radical (unpaired) electrons. The predicted octanol–water partition coefficient (Wildman–Crippen LogP) is 0.146. The second kappa shape index (κ2) is 4.61. The van der Waals surface area contributed by atoms with Crippen molar-refractivity contribution in [2.24, 2.45) is 5.73 Å². The van der Waals surface area contributed by atoms with Gasteiger partial charge in [-0.05, 0) is 24.1 Å². The Bertz CT molecular complexity index is 329. The van der Waals surface area contributed by atoms with Crippen molar-refractivity contribution < 1.29 is 10.2 Å². The maximum atomic E-state index is 9.11. The molecule has 4 heteroatoms. The summed E-state index contributed by atoms with van der Waals surface area (Å²) >= 11 is 0. The summed E-state index contributed by atoms with van der Waals surface area (Å²) in [6.07, 6.45) is -0.738. The molecule has 1 aromatic rings. The molecule has 4 N–H and O–H groups in total. The summed E-state index contributed by atoms with van der Waals surface area (Å²) in [5, 5.41) is 26.5. The van der Waals surface area contributed by atoms with E-state index in [4.69, 9.17) is 21.2 Å². The smallest absolute Gasteiger partial charge is 0.155 e. The first-order valence-corrected chi connectivity index (χ1v) is 4.24. The normalized spacial score (nSPS) is 14.4. The van der Waals surface area contributed by atoms with Gasteiger partial charge in [-0.3, -0.25) is 0 Å². The van der Waals surface area contributed by atoms with Crippen molar-refractivity contribution in [3.8, 4) is 11.8 Å². The first-order chi connectivity index (χ1) is 6.63. The van der Waals surface area contributed by atoms with E-state index in [0.29, 0.717) is 6.42 Å². The molecule has 0 spiro atoms. The van der Waals surface area contributed by atoms with Gasteiger partial charge in [0.25, 0.3) is 0 Å². The number of rotatable bonds is 3. The lowest BCUT2D eigenvalue weighted by molar-refractivity contribution is 0.197. The van der Waals surface area contributed by atoms with Crippen molar-refractivity contribution in [3.63, 3.8) is 0 Å². The van der Waals surface area contributed by atoms with Crippen LogP contribution in [0.25, 0.3) is 0 Å². The number of aromatic hydroxyl groups is 1. The maximum Gasteiger partial charge on any atom is 0.155 e. The summed E-state index contributed by atoms with van der Waals surface area (Å²) in [6, 6.07) is 7.58. The molecule has 1 aromatic carbocycles. The topological polar surface area (TPSA) is 90.3 Å². The average molecular weight is 192 g/mol. The first kappa shape index (κ1) is 10.5. The fourth-order valence-corrected chi connectivity index (χ4v) is 1.11. The largest absolute Gasteiger partial charge is 0.508 e. The Morgan fingerprint density at radius 1 is 1.36 bits per heavy atom. The van der Waals surface area contributed by atoms with Crippen LogP contribution >= 0.6 is 0 Å². The lowest BCUT2D eigenvalue weighted by Gasteiger charge is -2.12. The summed E-state index contributed by atoms with van der Waals surface area (Å²) in [6.45, 7) is 0. The fourth-order valence-electron chi connectivity index (χ4n) is 1.11. The summed E-state index contributed by atoms with van der Waals surface area (Å²) in [7, 11) is 0. The van der Waals surface area contributed by atoms with E-state index in [9.17, 15) is 0 Å². The molecule has 0 saturated carbocycles. The summed E-state index contributed by atoms with van der Waals surface area (Å²) in [5.74, 6) is 0.183. The summed E-state index contributed by atoms with van der Waals surface area (Å²) in [4.78, 5) is 0. The molecule has 2 atom stereocenters. The van der Waals surface area contributed by atoms with Gasteiger partial charge in [-0.1, -0.05) is 12.1 Å². The quantitative estimate of drug-likeness (QED) is 0.594. The molecule has 0 amide bonds. The van der Waals surface area contributed by atoms with Gasteiger partial charge in [0.1, 0.15) is 5.75 Å². The van der Waals surface area contributed by atoms with E-state index in [2.05, 4.69) is 0 Å². The Kier molecular flexibility index (Phi) is 3.46. The molecular formula is C10H12N2O2. The van der Waals surface area contributed by atoms with Crippen LogP contribution in [0.4, 0.5) is 0 Å². The highest BCUT2D eigenvalue weighted by molar-refractivity contribution is 5.26. The highest BCUT2D eigenvalue weighted by atomic mass is 16.3. The minimum Gasteiger partial charge on any atom is -0.508 e. The molecule has 0 aromatic heterocycles. The van der Waals surface area contributed by atoms with Crippen LogP contribution < -0.4 is 5.73 Å². The van der Waals surface area contributed by atoms with Gasteiger partial charge in [0, 0.05) is 6.04 Å². The van der Waals surface area contributed by atoms with Crippen molar-refractivity contribution in [2.45, 2.75) is 18.6 Å². The maximum absolute atomic E-state index is 9.11. The molecule has 0 bridgehead atoms. The molecule has 0 aliphatic carbocycles. The zero-order chi connectivity index (χ0) is 10.6. The van der Waals surface area contributed by atoms with Crippen LogP contribution in [0, 0.1) is 11.3 Å². The SMILES string of the molecule is N#CC(O)[C@H](N)Cc1ccc(O)cc1. The lowest BCUT2D eigenvalue weighted by Crippen LogP contribution is -2.35. The Balaban J connectivity index is 2.61. The second-order valence-electron chi connectivity index (χ2n) is 3.11. The number of aliphatic hydroxyl groups excluding tert-OH is 1. The third-order valence-corrected chi connectivity index (χ3v) is 1.95. The van der Waals surface area contributed by atoms with Gasteiger partial charge < -0.3 is 15.9 Å². The van der Waals surface area contributed by atoms with Gasteiger partial charge in [0.05, 0.1) is 6.07 Å². The molecule has 0 saturated heterocycles. The standard InChI is InChI=1S/C10H12N2O2/c11-6-10(14)9(12)5-7-1-3-8(13)4-2-7/h1-4,9-10,13-14H,5,12H2/t9-,10?/m1/s1. The zero-order valence-corrected chi connectivity index (χ0v) is 7.59. The number of hydrogen-bond donors (Lipinski definition) is 3. The minimum atomic E-state index is -1.15. The minimum absolute atomic E-state index is 0.183. The van der Waals surface area contributed by atoms with Crippen molar-refractivity contribution in [1.29, 1.82) is 5.26 Å². The zero-order valence-electron chi connectivity index (χ0n) is 7.59. The molecule has 74 valence electrons. The second-order valence-corrected chi connectivity index (χ2v) is 3.11. The van der Waals surface area contributed by atoms with Gasteiger partial charge in [-0.25, -0.2) is 0 Å². The number of benzene rings is 1. The van der Waals surface area contributed by atoms with Crippen LogP contribution in [-0.2, 0) is 6.42 Å². The molecular weight excluding hydrogens is 180 g/mol. The Labute approximate surface area is 82.2 Å². The van der Waals surface area contributed by atoms with E-state index in [1.54, 1.807) is 30.3 Å². The van der Waals surface area contributed by atoms with Crippen LogP contribution in [0.15, 0.2) is 24.3 Å². The number of nitriles is 1. The van der Waals surface area contributed by atoms with Gasteiger partial charge in [0.15, 0.2) is 6.10 Å². The Morgan fingerprint density at radius 3 is 2.43 bits per heavy atom. The third kappa shape index (κ3) is 2.73. The van der Waals surface area contributed by atoms with E-state index in [-0.39, 0.29) is 5.75 Å². The van der Waals surface area contributed by atoms with Crippen LogP contribution in [0.5, 0.6) is 5.75 Å². The first-order valence-electron chi connectivity index (χ1n) is 4.24. The molecule has 0 aliphatic rings. The lowest BCUT2D eigenvalue weighted by atomic mass is 10.0. The van der Waals surface area contributed by atoms with Crippen LogP contribution in [-0.4, -0.2) is 22.4 Å². The van der Waals surface area contributed by atoms with Gasteiger partial charge in [0.2, 0.25) is 0 Å². The van der Waals surface area contributed by atoms with E-state index in [0.717, 1.165) is 5.56 Å². The number of aliphatic hydroxyl groups is 1. The summed E-state index contributed by atoms with van der Waals surface area (Å²) in [5.41, 5.74) is 6.44. The van der Waals surface area contributed by atoms with Gasteiger partial charge >= 0.3 is 0 Å². The Hall–Kier alpha value is -1.57. The molecule has 4 nitrogen and oxygen atoms in total. The van der Waals surface area contributed by atoms with Crippen molar-refractivity contribution in [3.05, 3.63) is 29.8 Å². The monoisotopic (exact) mass is 192 g/mol. The number of phenols is 1. The fraction of sp³-hybridized carbons (Fsp3) is 0.300. The average Bonchev–Trinajstić information content (AvgIpc) is 2.20. The van der Waals surface area contributed by atoms with Gasteiger partial charge in [-0.15, -0.1) is 0 Å². The van der Waals surface area contributed by atoms with E-state index in [1.165, 1.54) is 0 Å². The molecule has 1 unspecified atom stereocenters. The number of phenolic OH excluding ortho intramolecular Hbond substituents is 1. The number of nitrogens with zero attached hydrogens (tertiary/aromatic N) is 1. The molecule has 14 heavy (non-hydrogen) atoms. The van der Waals surface area contributed by atoms with Crippen LogP contribution in [0.3, 0.4) is 0 Å². The van der Waals surface area contributed by atoms with Crippen molar-refractivity contribution in [1.82, 2.24) is 0 Å².